The normalized spacial score (nSPS) is 8.79. The van der Waals surface area contributed by atoms with Gasteiger partial charge in [-0.1, -0.05) is 35.9 Å². The van der Waals surface area contributed by atoms with E-state index in [9.17, 15) is 0 Å². The number of nitrogens with two attached hydrogens (primary N) is 1. The number of rotatable bonds is 0. The van der Waals surface area contributed by atoms with E-state index in [0.717, 1.165) is 14.2 Å². The van der Waals surface area contributed by atoms with Crippen molar-refractivity contribution in [3.8, 4) is 0 Å². The number of halogens is 1. The van der Waals surface area contributed by atoms with Crippen molar-refractivity contribution in [1.82, 2.24) is 4.98 Å². The van der Waals surface area contributed by atoms with E-state index in [0.29, 0.717) is 22.1 Å². The Morgan fingerprint density at radius 2 is 1.67 bits per heavy atom. The molecule has 0 bridgehead atoms. The number of nitrogens with one attached hydrogen (secondary N) is 1. The molecule has 0 radical (unpaired) electrons. The summed E-state index contributed by atoms with van der Waals surface area (Å²) in [6.07, 6.45) is 0. The minimum atomic E-state index is 0.454. The Bertz CT molecular complexity index is 977. The van der Waals surface area contributed by atoms with Gasteiger partial charge >= 0.3 is 0 Å². The number of H-pyrrole nitrogens is 1. The summed E-state index contributed by atoms with van der Waals surface area (Å²) in [6.45, 7) is 19.5. The van der Waals surface area contributed by atoms with Gasteiger partial charge in [-0.25, -0.2) is 9.69 Å². The van der Waals surface area contributed by atoms with Crippen LogP contribution in [-0.4, -0.2) is 4.98 Å². The van der Waals surface area contributed by atoms with E-state index < -0.39 is 0 Å². The Morgan fingerprint density at radius 3 is 2.25 bits per heavy atom. The minimum absolute atomic E-state index is 0.454. The van der Waals surface area contributed by atoms with Crippen LogP contribution in [0.5, 0.6) is 0 Å². The zero-order valence-electron chi connectivity index (χ0n) is 12.5. The van der Waals surface area contributed by atoms with Crippen LogP contribution in [0.2, 0.25) is 5.02 Å². The molecule has 120 valence electrons. The number of anilines is 1. The quantitative estimate of drug-likeness (QED) is 0.197. The second kappa shape index (κ2) is 9.49. The molecule has 4 nitrogen and oxygen atoms in total. The zero-order valence-corrected chi connectivity index (χ0v) is 14.9. The maximum atomic E-state index is 6.81. The predicted molar refractivity (Wildman–Crippen MR) is 107 cm³/mol. The average molecular weight is 373 g/mol. The molecule has 3 aromatic rings. The maximum absolute atomic E-state index is 6.81. The third-order valence-corrected chi connectivity index (χ3v) is 4.20. The Labute approximate surface area is 154 Å². The van der Waals surface area contributed by atoms with Crippen molar-refractivity contribution in [2.24, 2.45) is 0 Å². The van der Waals surface area contributed by atoms with Crippen LogP contribution in [0.1, 0.15) is 0 Å². The lowest BCUT2D eigenvalue weighted by atomic mass is 10.3. The van der Waals surface area contributed by atoms with Gasteiger partial charge in [-0.2, -0.15) is 0 Å². The topological polar surface area (TPSA) is 50.5 Å². The number of benzene rings is 2. The summed E-state index contributed by atoms with van der Waals surface area (Å²) in [5, 5.41) is 0.493. The van der Waals surface area contributed by atoms with Crippen LogP contribution in [0.4, 0.5) is 17.1 Å². The van der Waals surface area contributed by atoms with E-state index >= 15 is 0 Å². The first-order chi connectivity index (χ1) is 11.5. The highest BCUT2D eigenvalue weighted by atomic mass is 35.5. The minimum Gasteiger partial charge on any atom is -0.399 e. The molecule has 0 amide bonds. The molecule has 24 heavy (non-hydrogen) atoms. The van der Waals surface area contributed by atoms with E-state index in [1.54, 1.807) is 24.3 Å². The van der Waals surface area contributed by atoms with Gasteiger partial charge in [-0.3, -0.25) is 0 Å². The van der Waals surface area contributed by atoms with Crippen LogP contribution >= 0.6 is 35.2 Å². The molecule has 2 aromatic carbocycles. The fourth-order valence-electron chi connectivity index (χ4n) is 1.61. The fraction of sp³-hybridized carbons (Fsp3) is 0. The summed E-state index contributed by atoms with van der Waals surface area (Å²) < 4.78 is 1.86. The summed E-state index contributed by atoms with van der Waals surface area (Å²) >= 11 is 12.1. The lowest BCUT2D eigenvalue weighted by Gasteiger charge is -1.95. The summed E-state index contributed by atoms with van der Waals surface area (Å²) in [6, 6.07) is 10.3. The smallest absolute Gasteiger partial charge is 0.189 e. The average Bonchev–Trinajstić information content (AvgIpc) is 2.98. The highest BCUT2D eigenvalue weighted by Gasteiger charge is 1.97. The van der Waals surface area contributed by atoms with Crippen LogP contribution in [0.15, 0.2) is 49.6 Å². The molecular weight excluding hydrogens is 360 g/mol. The molecule has 0 atom stereocenters. The van der Waals surface area contributed by atoms with Crippen LogP contribution in [-0.2, 0) is 0 Å². The van der Waals surface area contributed by atoms with Gasteiger partial charge in [0.2, 0.25) is 0 Å². The first-order valence-corrected chi connectivity index (χ1v) is 8.06. The number of hydrogen-bond donors (Lipinski definition) is 2. The lowest BCUT2D eigenvalue weighted by Crippen LogP contribution is -1.83. The molecule has 0 spiro atoms. The van der Waals surface area contributed by atoms with E-state index in [4.69, 9.17) is 42.7 Å². The van der Waals surface area contributed by atoms with Gasteiger partial charge in [0.1, 0.15) is 0 Å². The van der Waals surface area contributed by atoms with Crippen molar-refractivity contribution in [3.05, 3.63) is 81.4 Å². The second-order valence-corrected chi connectivity index (χ2v) is 6.25. The first kappa shape index (κ1) is 19.4. The largest absolute Gasteiger partial charge is 0.399 e. The Balaban J connectivity index is 0.000000221. The van der Waals surface area contributed by atoms with Crippen molar-refractivity contribution in [1.29, 1.82) is 0 Å². The molecule has 0 fully saturated rings. The molecule has 7 heteroatoms. The Hall–Kier alpha value is -2.64. The number of fused-ring (bicyclic) bond motifs is 1. The Morgan fingerprint density at radius 1 is 1.08 bits per heavy atom. The van der Waals surface area contributed by atoms with Gasteiger partial charge in [-0.15, -0.1) is 24.5 Å². The molecule has 0 aliphatic carbocycles. The molecule has 0 aliphatic rings. The highest BCUT2D eigenvalue weighted by Crippen LogP contribution is 2.24. The van der Waals surface area contributed by atoms with Gasteiger partial charge in [0, 0.05) is 11.2 Å². The SMILES string of the molecule is C=C.[C-]#[N+]c1ccc(Cl)c(N)c1.[C-]#[N+]c1ccc2sc(=S)[nH]c2c1. The van der Waals surface area contributed by atoms with E-state index in [1.165, 1.54) is 11.3 Å². The van der Waals surface area contributed by atoms with Crippen molar-refractivity contribution in [2.45, 2.75) is 0 Å². The highest BCUT2D eigenvalue weighted by molar-refractivity contribution is 7.73. The van der Waals surface area contributed by atoms with E-state index in [2.05, 4.69) is 27.8 Å². The van der Waals surface area contributed by atoms with Crippen molar-refractivity contribution in [3.63, 3.8) is 0 Å². The second-order valence-electron chi connectivity index (χ2n) is 4.12. The van der Waals surface area contributed by atoms with Gasteiger partial charge in [0.15, 0.2) is 15.3 Å². The number of hydrogen-bond acceptors (Lipinski definition) is 3. The van der Waals surface area contributed by atoms with E-state index in [-0.39, 0.29) is 0 Å². The summed E-state index contributed by atoms with van der Waals surface area (Å²) in [5.74, 6) is 0. The zero-order chi connectivity index (χ0) is 18.1. The van der Waals surface area contributed by atoms with Gasteiger partial charge < -0.3 is 10.7 Å². The summed E-state index contributed by atoms with van der Waals surface area (Å²) in [5.41, 5.74) is 7.99. The van der Waals surface area contributed by atoms with Gasteiger partial charge in [-0.05, 0) is 24.4 Å². The monoisotopic (exact) mass is 372 g/mol. The lowest BCUT2D eigenvalue weighted by molar-refractivity contribution is 1.47. The molecule has 3 N–H and O–H groups in total. The number of aromatic nitrogens is 1. The van der Waals surface area contributed by atoms with E-state index in [1.807, 2.05) is 12.1 Å². The molecule has 0 aliphatic heterocycles. The van der Waals surface area contributed by atoms with Gasteiger partial charge in [0.05, 0.1) is 22.9 Å². The Kier molecular flexibility index (Phi) is 7.67. The maximum Gasteiger partial charge on any atom is 0.189 e. The third-order valence-electron chi connectivity index (χ3n) is 2.64. The molecule has 0 saturated carbocycles. The molecular formula is C17H13ClN4S2. The molecule has 0 saturated heterocycles. The van der Waals surface area contributed by atoms with Crippen LogP contribution in [0.25, 0.3) is 19.9 Å². The van der Waals surface area contributed by atoms with Crippen LogP contribution in [0, 0.1) is 17.1 Å². The number of nitrogen functional groups attached to an aromatic ring is 1. The summed E-state index contributed by atoms with van der Waals surface area (Å²) in [4.78, 5) is 9.54. The molecule has 1 aromatic heterocycles. The van der Waals surface area contributed by atoms with Crippen molar-refractivity contribution in [2.75, 3.05) is 5.73 Å². The van der Waals surface area contributed by atoms with Crippen molar-refractivity contribution < 1.29 is 0 Å². The van der Waals surface area contributed by atoms with Crippen LogP contribution in [0.3, 0.4) is 0 Å². The number of aromatic amines is 1. The van der Waals surface area contributed by atoms with Gasteiger partial charge in [0.25, 0.3) is 0 Å². The van der Waals surface area contributed by atoms with Crippen LogP contribution < -0.4 is 5.73 Å². The van der Waals surface area contributed by atoms with Crippen molar-refractivity contribution >= 4 is 62.4 Å². The summed E-state index contributed by atoms with van der Waals surface area (Å²) in [7, 11) is 0. The molecule has 3 rings (SSSR count). The fourth-order valence-corrected chi connectivity index (χ4v) is 2.82. The molecule has 0 unspecified atom stereocenters. The predicted octanol–water partition coefficient (Wildman–Crippen LogP) is 6.78. The first-order valence-electron chi connectivity index (χ1n) is 6.46. The number of nitrogens with zero attached hydrogens (tertiary/aromatic N) is 2. The standard InChI is InChI=1S/C8H4N2S2.C7H5ClN2.C2H4/c1-9-5-2-3-7-6(4-5)10-8(11)12-7;1-10-5-2-3-6(8)7(9)4-5;1-2/h2-4H,(H,10,11);2-4H,9H2;1-2H2. The third kappa shape index (κ3) is 5.22. The molecule has 1 heterocycles. The number of thiazole rings is 1.